The van der Waals surface area contributed by atoms with Gasteiger partial charge in [-0.15, -0.1) is 0 Å². The molecule has 2 aromatic carbocycles. The van der Waals surface area contributed by atoms with Crippen LogP contribution in [0, 0.1) is 0 Å². The van der Waals surface area contributed by atoms with Gasteiger partial charge in [0.2, 0.25) is 11.8 Å². The van der Waals surface area contributed by atoms with Gasteiger partial charge in [-0.3, -0.25) is 9.59 Å². The monoisotopic (exact) mass is 600 g/mol. The fraction of sp³-hybridized carbons (Fsp3) is 0.471. The summed E-state index contributed by atoms with van der Waals surface area (Å²) in [7, 11) is 0. The van der Waals surface area contributed by atoms with E-state index < -0.39 is 17.7 Å². The summed E-state index contributed by atoms with van der Waals surface area (Å²) in [4.78, 5) is 48.1. The van der Waals surface area contributed by atoms with E-state index in [1.807, 2.05) is 52.1 Å². The first kappa shape index (κ1) is 31.3. The SMILES string of the molecule is O=C(NCCCC[C@@H]1NC(=O)C2(CCN(CCc3ccccc3)CC2)N(CCCn2ccnc2)C1=O)OCc1ccccc1. The summed E-state index contributed by atoms with van der Waals surface area (Å²) in [5.41, 5.74) is 1.43. The average molecular weight is 601 g/mol. The highest BCUT2D eigenvalue weighted by atomic mass is 16.5. The van der Waals surface area contributed by atoms with Crippen molar-refractivity contribution in [2.75, 3.05) is 32.7 Å². The Hall–Kier alpha value is -4.18. The zero-order valence-electron chi connectivity index (χ0n) is 25.4. The number of piperidine rings is 1. The van der Waals surface area contributed by atoms with Crippen LogP contribution in [0.4, 0.5) is 4.79 Å². The number of imidazole rings is 1. The van der Waals surface area contributed by atoms with Crippen molar-refractivity contribution in [2.24, 2.45) is 0 Å². The molecule has 234 valence electrons. The third-order valence-electron chi connectivity index (χ3n) is 8.81. The lowest BCUT2D eigenvalue weighted by Crippen LogP contribution is -2.73. The summed E-state index contributed by atoms with van der Waals surface area (Å²) >= 11 is 0. The van der Waals surface area contributed by atoms with Gasteiger partial charge >= 0.3 is 6.09 Å². The van der Waals surface area contributed by atoms with Crippen molar-refractivity contribution in [1.82, 2.24) is 30.0 Å². The van der Waals surface area contributed by atoms with Crippen LogP contribution in [0.3, 0.4) is 0 Å². The predicted octanol–water partition coefficient (Wildman–Crippen LogP) is 3.77. The maximum absolute atomic E-state index is 13.9. The predicted molar refractivity (Wildman–Crippen MR) is 168 cm³/mol. The van der Waals surface area contributed by atoms with Gasteiger partial charge in [0, 0.05) is 51.7 Å². The summed E-state index contributed by atoms with van der Waals surface area (Å²) < 4.78 is 7.27. The first-order valence-corrected chi connectivity index (χ1v) is 15.8. The maximum atomic E-state index is 13.9. The van der Waals surface area contributed by atoms with Gasteiger partial charge in [-0.2, -0.15) is 0 Å². The number of nitrogens with one attached hydrogen (secondary N) is 2. The summed E-state index contributed by atoms with van der Waals surface area (Å²) in [5, 5.41) is 5.87. The van der Waals surface area contributed by atoms with E-state index in [9.17, 15) is 14.4 Å². The summed E-state index contributed by atoms with van der Waals surface area (Å²) in [6, 6.07) is 19.4. The van der Waals surface area contributed by atoms with Gasteiger partial charge < -0.3 is 29.7 Å². The van der Waals surface area contributed by atoms with Crippen LogP contribution >= 0.6 is 0 Å². The Morgan fingerprint density at radius 2 is 1.66 bits per heavy atom. The Bertz CT molecular complexity index is 1330. The minimum Gasteiger partial charge on any atom is -0.445 e. The van der Waals surface area contributed by atoms with Gasteiger partial charge in [-0.25, -0.2) is 9.78 Å². The Balaban J connectivity index is 1.12. The van der Waals surface area contributed by atoms with Crippen LogP contribution in [0.1, 0.15) is 49.7 Å². The number of hydrogen-bond acceptors (Lipinski definition) is 6. The standard InChI is InChI=1S/C34H44N6O4/c41-31-30(14-7-8-18-36-33(43)44-26-29-12-5-2-6-13-29)37-32(42)34(40(31)21-9-20-39-25-19-35-27-39)16-23-38(24-17-34)22-15-28-10-3-1-4-11-28/h1-6,10-13,19,25,27,30H,7-9,14-18,20-24,26H2,(H,36,43)(H,37,42)/t30-/m0/s1. The highest BCUT2D eigenvalue weighted by molar-refractivity contribution is 6.00. The number of alkyl carbamates (subject to hydrolysis) is 1. The second-order valence-electron chi connectivity index (χ2n) is 11.8. The molecule has 3 heterocycles. The number of ether oxygens (including phenoxy) is 1. The normalized spacial score (nSPS) is 18.3. The fourth-order valence-electron chi connectivity index (χ4n) is 6.24. The highest BCUT2D eigenvalue weighted by Crippen LogP contribution is 2.34. The number of piperazine rings is 1. The molecule has 1 atom stereocenters. The first-order chi connectivity index (χ1) is 21.5. The Kier molecular flexibility index (Phi) is 11.0. The Morgan fingerprint density at radius 3 is 2.36 bits per heavy atom. The van der Waals surface area contributed by atoms with Crippen molar-refractivity contribution in [2.45, 2.75) is 69.7 Å². The Labute approximate surface area is 259 Å². The zero-order chi connectivity index (χ0) is 30.6. The van der Waals surface area contributed by atoms with E-state index in [-0.39, 0.29) is 18.4 Å². The van der Waals surface area contributed by atoms with E-state index in [1.54, 1.807) is 12.5 Å². The van der Waals surface area contributed by atoms with Crippen molar-refractivity contribution < 1.29 is 19.1 Å². The largest absolute Gasteiger partial charge is 0.445 e. The summed E-state index contributed by atoms with van der Waals surface area (Å²) in [6.45, 7) is 4.43. The van der Waals surface area contributed by atoms with Crippen LogP contribution in [0.15, 0.2) is 79.4 Å². The number of carbonyl (C=O) groups is 3. The van der Waals surface area contributed by atoms with E-state index in [4.69, 9.17) is 4.74 Å². The first-order valence-electron chi connectivity index (χ1n) is 15.8. The van der Waals surface area contributed by atoms with E-state index in [0.29, 0.717) is 45.2 Å². The minimum absolute atomic E-state index is 0.00296. The molecule has 3 aromatic rings. The van der Waals surface area contributed by atoms with Crippen molar-refractivity contribution in [3.8, 4) is 0 Å². The minimum atomic E-state index is -0.810. The van der Waals surface area contributed by atoms with Gasteiger partial charge in [0.25, 0.3) is 0 Å². The molecule has 1 spiro atoms. The lowest BCUT2D eigenvalue weighted by atomic mass is 9.81. The van der Waals surface area contributed by atoms with E-state index in [0.717, 1.165) is 44.6 Å². The van der Waals surface area contributed by atoms with Crippen molar-refractivity contribution in [1.29, 1.82) is 0 Å². The van der Waals surface area contributed by atoms with Crippen LogP contribution in [0.25, 0.3) is 0 Å². The molecule has 10 nitrogen and oxygen atoms in total. The zero-order valence-corrected chi connectivity index (χ0v) is 25.4. The van der Waals surface area contributed by atoms with Crippen molar-refractivity contribution in [3.05, 3.63) is 90.5 Å². The Morgan fingerprint density at radius 1 is 0.932 bits per heavy atom. The van der Waals surface area contributed by atoms with Gasteiger partial charge in [-0.05, 0) is 56.1 Å². The van der Waals surface area contributed by atoms with E-state index >= 15 is 0 Å². The number of hydrogen-bond donors (Lipinski definition) is 2. The number of amides is 3. The second-order valence-corrected chi connectivity index (χ2v) is 11.8. The third-order valence-corrected chi connectivity index (χ3v) is 8.81. The molecule has 5 rings (SSSR count). The molecular weight excluding hydrogens is 556 g/mol. The molecule has 0 unspecified atom stereocenters. The van der Waals surface area contributed by atoms with Crippen LogP contribution in [0.2, 0.25) is 0 Å². The van der Waals surface area contributed by atoms with Crippen LogP contribution in [0.5, 0.6) is 0 Å². The summed E-state index contributed by atoms with van der Waals surface area (Å²) in [5.74, 6) is -0.0294. The number of benzene rings is 2. The van der Waals surface area contributed by atoms with Crippen molar-refractivity contribution in [3.63, 3.8) is 0 Å². The molecule has 0 saturated carbocycles. The second kappa shape index (κ2) is 15.5. The number of carbonyl (C=O) groups excluding carboxylic acids is 3. The quantitative estimate of drug-likeness (QED) is 0.273. The average Bonchev–Trinajstić information content (AvgIpc) is 3.58. The molecule has 10 heteroatoms. The van der Waals surface area contributed by atoms with Gasteiger partial charge in [0.1, 0.15) is 18.2 Å². The smallest absolute Gasteiger partial charge is 0.407 e. The topological polar surface area (TPSA) is 109 Å². The van der Waals surface area contributed by atoms with Crippen LogP contribution < -0.4 is 10.6 Å². The number of aromatic nitrogens is 2. The lowest BCUT2D eigenvalue weighted by molar-refractivity contribution is -0.161. The fourth-order valence-corrected chi connectivity index (χ4v) is 6.24. The van der Waals surface area contributed by atoms with Crippen LogP contribution in [-0.4, -0.2) is 81.6 Å². The number of rotatable bonds is 14. The molecule has 0 bridgehead atoms. The van der Waals surface area contributed by atoms with Gasteiger partial charge in [0.05, 0.1) is 6.33 Å². The molecule has 2 aliphatic heterocycles. The lowest BCUT2D eigenvalue weighted by Gasteiger charge is -2.51. The number of unbranched alkanes of at least 4 members (excludes halogenated alkanes) is 1. The molecule has 3 amide bonds. The molecule has 2 N–H and O–H groups in total. The molecule has 0 aliphatic carbocycles. The molecule has 44 heavy (non-hydrogen) atoms. The number of likely N-dealkylation sites (tertiary alicyclic amines) is 1. The van der Waals surface area contributed by atoms with E-state index in [2.05, 4.69) is 44.8 Å². The van der Waals surface area contributed by atoms with E-state index in [1.165, 1.54) is 5.56 Å². The molecule has 0 radical (unpaired) electrons. The van der Waals surface area contributed by atoms with Gasteiger partial charge in [-0.1, -0.05) is 60.7 Å². The third kappa shape index (κ3) is 8.25. The summed E-state index contributed by atoms with van der Waals surface area (Å²) in [6.07, 6.45) is 9.87. The number of nitrogens with zero attached hydrogens (tertiary/aromatic N) is 4. The highest BCUT2D eigenvalue weighted by Gasteiger charge is 2.53. The molecule has 1 aromatic heterocycles. The van der Waals surface area contributed by atoms with Crippen LogP contribution in [-0.2, 0) is 33.9 Å². The molecule has 2 saturated heterocycles. The molecular formula is C34H44N6O4. The maximum Gasteiger partial charge on any atom is 0.407 e. The van der Waals surface area contributed by atoms with Gasteiger partial charge in [0.15, 0.2) is 0 Å². The molecule has 2 fully saturated rings. The van der Waals surface area contributed by atoms with Crippen molar-refractivity contribution >= 4 is 17.9 Å². The molecule has 2 aliphatic rings. The number of aryl methyl sites for hydroxylation is 1.